The van der Waals surface area contributed by atoms with Gasteiger partial charge in [0, 0.05) is 26.1 Å². The Morgan fingerprint density at radius 1 is 0.617 bits per heavy atom. The van der Waals surface area contributed by atoms with Crippen LogP contribution in [0.4, 0.5) is 0 Å². The van der Waals surface area contributed by atoms with Gasteiger partial charge in [-0.25, -0.2) is 0 Å². The van der Waals surface area contributed by atoms with Gasteiger partial charge in [-0.15, -0.1) is 0 Å². The van der Waals surface area contributed by atoms with Crippen LogP contribution in [0, 0.1) is 5.92 Å². The Hall–Kier alpha value is -8.56. The van der Waals surface area contributed by atoms with Crippen molar-refractivity contribution in [2.24, 2.45) is 33.8 Å². The van der Waals surface area contributed by atoms with Crippen LogP contribution >= 0.6 is 0 Å². The van der Waals surface area contributed by atoms with Crippen molar-refractivity contribution < 1.29 is 87.2 Å². The van der Waals surface area contributed by atoms with Crippen LogP contribution in [0.3, 0.4) is 0 Å². The van der Waals surface area contributed by atoms with Crippen molar-refractivity contribution in [1.82, 2.24) is 57.7 Å². The summed E-state index contributed by atoms with van der Waals surface area (Å²) in [6.45, 7) is 3.71. The number of nitrogens with one attached hydrogen (secondary N) is 9. The highest BCUT2D eigenvalue weighted by molar-refractivity contribution is 5.99. The first-order chi connectivity index (χ1) is 38.0. The fraction of sp³-hybridized carbons (Fsp3) is 0.660. The second-order valence-corrected chi connectivity index (χ2v) is 19.4. The Kier molecular flexibility index (Phi) is 28.6. The molecule has 0 unspecified atom stereocenters. The van der Waals surface area contributed by atoms with Crippen molar-refractivity contribution in [2.75, 3.05) is 39.3 Å². The first kappa shape index (κ1) is 68.5. The Bertz CT molecular complexity index is 2370. The SMILES string of the molecule is CC(C)[C@H](NC(=O)[C@@H]1CCCN1C(=O)[C@H](C)NC(=O)[C@H](CO)NC(=O)[C@H](CC(=O)O)NC(=O)[C@H](CCC(N)=O)NC(=O)[C@H](CCCN=C(N)N)NC(=O)CNC(=O)[C@H](C)NC(=O)[C@@H]1CCCN1C(=O)CN)C(=O)N[C@H](C=O)CC(=O)O. The van der Waals surface area contributed by atoms with Gasteiger partial charge in [0.1, 0.15) is 60.7 Å². The molecule has 10 atom stereocenters. The van der Waals surface area contributed by atoms with Gasteiger partial charge in [0.05, 0.1) is 38.6 Å². The molecule has 0 radical (unpaired) electrons. The van der Waals surface area contributed by atoms with Crippen LogP contribution in [0.25, 0.3) is 0 Å². The number of aliphatic hydroxyl groups is 1. The number of rotatable bonds is 34. The van der Waals surface area contributed by atoms with Gasteiger partial charge in [0.25, 0.3) is 0 Å². The first-order valence-corrected chi connectivity index (χ1v) is 25.9. The van der Waals surface area contributed by atoms with E-state index in [4.69, 9.17) is 28.0 Å². The van der Waals surface area contributed by atoms with Crippen molar-refractivity contribution in [2.45, 2.75) is 152 Å². The predicted octanol–water partition coefficient (Wildman–Crippen LogP) is -8.92. The molecule has 0 aromatic rings. The molecule has 2 rings (SSSR count). The molecule has 0 spiro atoms. The summed E-state index contributed by atoms with van der Waals surface area (Å²) in [5, 5.41) is 49.7. The molecule has 34 heteroatoms. The number of likely N-dealkylation sites (tertiary alicyclic amines) is 2. The number of guanidine groups is 1. The zero-order valence-electron chi connectivity index (χ0n) is 45.4. The van der Waals surface area contributed by atoms with Crippen molar-refractivity contribution >= 4 is 95.1 Å². The van der Waals surface area contributed by atoms with Gasteiger partial charge in [-0.1, -0.05) is 13.8 Å². The van der Waals surface area contributed by atoms with Crippen LogP contribution in [-0.4, -0.2) is 220 Å². The lowest BCUT2D eigenvalue weighted by Gasteiger charge is -2.30. The number of carboxylic acids is 2. The highest BCUT2D eigenvalue weighted by atomic mass is 16.4. The number of nitrogens with zero attached hydrogens (tertiary/aromatic N) is 3. The fourth-order valence-electron chi connectivity index (χ4n) is 8.42. The number of nitrogens with two attached hydrogens (primary N) is 4. The molecule has 452 valence electrons. The second-order valence-electron chi connectivity index (χ2n) is 19.4. The summed E-state index contributed by atoms with van der Waals surface area (Å²) in [4.78, 5) is 199. The van der Waals surface area contributed by atoms with Crippen LogP contribution in [0.2, 0.25) is 0 Å². The molecule has 0 saturated carbocycles. The van der Waals surface area contributed by atoms with Crippen molar-refractivity contribution in [1.29, 1.82) is 0 Å². The number of primary amides is 1. The molecule has 81 heavy (non-hydrogen) atoms. The average molecular weight is 1150 g/mol. The number of hydrogen-bond acceptors (Lipinski definition) is 18. The minimum absolute atomic E-state index is 0.0129. The first-order valence-electron chi connectivity index (χ1n) is 25.9. The zero-order valence-corrected chi connectivity index (χ0v) is 45.4. The number of carboxylic acid groups (broad SMARTS) is 2. The van der Waals surface area contributed by atoms with Gasteiger partial charge in [-0.05, 0) is 64.7 Å². The van der Waals surface area contributed by atoms with Crippen LogP contribution in [0.15, 0.2) is 4.99 Å². The number of aliphatic hydroxyl groups excluding tert-OH is 1. The van der Waals surface area contributed by atoms with Crippen LogP contribution in [-0.2, 0) is 71.9 Å². The van der Waals surface area contributed by atoms with Crippen molar-refractivity contribution in [3.8, 4) is 0 Å². The molecule has 2 aliphatic heterocycles. The van der Waals surface area contributed by atoms with Crippen molar-refractivity contribution in [3.63, 3.8) is 0 Å². The lowest BCUT2D eigenvalue weighted by Crippen LogP contribution is -2.60. The summed E-state index contributed by atoms with van der Waals surface area (Å²) in [6.07, 6.45) is -1.68. The van der Waals surface area contributed by atoms with E-state index in [0.717, 1.165) is 4.90 Å². The third-order valence-corrected chi connectivity index (χ3v) is 12.7. The van der Waals surface area contributed by atoms with Gasteiger partial charge in [-0.3, -0.25) is 72.1 Å². The summed E-state index contributed by atoms with van der Waals surface area (Å²) in [5.74, 6) is -15.1. The summed E-state index contributed by atoms with van der Waals surface area (Å²) in [6, 6.07) is -14.6. The molecule has 2 heterocycles. The third kappa shape index (κ3) is 23.0. The molecule has 0 aliphatic carbocycles. The van der Waals surface area contributed by atoms with Gasteiger partial charge in [0.15, 0.2) is 5.96 Å². The molecule has 20 N–H and O–H groups in total. The molecule has 12 amide bonds. The molecule has 34 nitrogen and oxygen atoms in total. The molecule has 2 aliphatic rings. The minimum atomic E-state index is -2.05. The average Bonchev–Trinajstić information content (AvgIpc) is 4.18. The van der Waals surface area contributed by atoms with E-state index in [0.29, 0.717) is 25.8 Å². The van der Waals surface area contributed by atoms with E-state index in [9.17, 15) is 82.1 Å². The van der Waals surface area contributed by atoms with Gasteiger partial charge in [0.2, 0.25) is 70.9 Å². The monoisotopic (exact) mass is 1150 g/mol. The number of hydrogen-bond donors (Lipinski definition) is 16. The summed E-state index contributed by atoms with van der Waals surface area (Å²) < 4.78 is 0. The summed E-state index contributed by atoms with van der Waals surface area (Å²) in [5.41, 5.74) is 21.6. The van der Waals surface area contributed by atoms with E-state index >= 15 is 0 Å². The molecule has 0 bridgehead atoms. The normalized spacial score (nSPS) is 17.6. The van der Waals surface area contributed by atoms with E-state index in [2.05, 4.69) is 52.8 Å². The standard InChI is InChI=1S/C47H76N16O18/c1-22(2)37(45(80)56-25(20-64)16-35(69)70)61-44(79)31-10-7-15-63(31)46(81)24(4)55-42(77)29(21-65)60-41(76)28(17-36(71)72)59-40(75)27(11-12-32(49)66)58-39(74)26(8-5-13-52-47(50)51)57-33(67)19-53-38(73)23(3)54-43(78)30-9-6-14-62(30)34(68)18-48/h20,22-31,37,65H,5-19,21,48H2,1-4H3,(H2,49,66)(H,53,73)(H,54,78)(H,55,77)(H,56,80)(H,57,67)(H,58,74)(H,59,75)(H,60,76)(H,61,79)(H,69,70)(H,71,72)(H4,50,51,52)/t23-,24-,25-,26-,27-,28-,29-,30-,31-,37-/m0/s1. The van der Waals surface area contributed by atoms with Crippen molar-refractivity contribution in [3.05, 3.63) is 0 Å². The number of aldehydes is 1. The number of carbonyl (C=O) groups is 15. The number of aliphatic imine (C=N–C) groups is 1. The maximum Gasteiger partial charge on any atom is 0.305 e. The molecule has 0 aromatic heterocycles. The predicted molar refractivity (Wildman–Crippen MR) is 279 cm³/mol. The summed E-state index contributed by atoms with van der Waals surface area (Å²) in [7, 11) is 0. The fourth-order valence-corrected chi connectivity index (χ4v) is 8.42. The molecule has 0 aromatic carbocycles. The number of amides is 12. The zero-order chi connectivity index (χ0) is 61.3. The van der Waals surface area contributed by atoms with Gasteiger partial charge >= 0.3 is 11.9 Å². The lowest BCUT2D eigenvalue weighted by molar-refractivity contribution is -0.143. The van der Waals surface area contributed by atoms with E-state index < -0.39 is 188 Å². The summed E-state index contributed by atoms with van der Waals surface area (Å²) >= 11 is 0. The van der Waals surface area contributed by atoms with E-state index in [1.54, 1.807) is 13.8 Å². The molecule has 2 saturated heterocycles. The van der Waals surface area contributed by atoms with Gasteiger partial charge in [-0.2, -0.15) is 0 Å². The Labute approximate surface area is 464 Å². The maximum atomic E-state index is 13.8. The Balaban J connectivity index is 2.21. The molecular formula is C47H76N16O18. The van der Waals surface area contributed by atoms with E-state index in [-0.39, 0.29) is 51.1 Å². The van der Waals surface area contributed by atoms with Gasteiger partial charge < -0.3 is 101 Å². The van der Waals surface area contributed by atoms with E-state index in [1.807, 2.05) is 0 Å². The number of carbonyl (C=O) groups excluding carboxylic acids is 13. The molecule has 2 fully saturated rings. The van der Waals surface area contributed by atoms with Crippen LogP contribution in [0.1, 0.15) is 91.9 Å². The maximum absolute atomic E-state index is 13.8. The highest BCUT2D eigenvalue weighted by Gasteiger charge is 2.40. The minimum Gasteiger partial charge on any atom is -0.481 e. The largest absolute Gasteiger partial charge is 0.481 e. The highest BCUT2D eigenvalue weighted by Crippen LogP contribution is 2.20. The number of aliphatic carboxylic acids is 2. The Morgan fingerprint density at radius 3 is 1.69 bits per heavy atom. The lowest BCUT2D eigenvalue weighted by atomic mass is 10.0. The smallest absolute Gasteiger partial charge is 0.305 e. The third-order valence-electron chi connectivity index (χ3n) is 12.7. The van der Waals surface area contributed by atoms with E-state index in [1.165, 1.54) is 18.7 Å². The van der Waals surface area contributed by atoms with Crippen LogP contribution < -0.4 is 70.8 Å². The Morgan fingerprint density at radius 2 is 1.15 bits per heavy atom. The quantitative estimate of drug-likeness (QED) is 0.0123. The van der Waals surface area contributed by atoms with Crippen LogP contribution in [0.5, 0.6) is 0 Å². The topological polar surface area (TPSA) is 548 Å². The second kappa shape index (κ2) is 33.8. The molecular weight excluding hydrogens is 1080 g/mol.